The molecule has 3 heterocycles. The molecule has 0 aliphatic carbocycles. The predicted octanol–water partition coefficient (Wildman–Crippen LogP) is 4.12. The molecule has 1 N–H and O–H groups in total. The minimum atomic E-state index is -0.408. The number of para-hydroxylation sites is 1. The van der Waals surface area contributed by atoms with Crippen LogP contribution in [0.4, 0.5) is 11.5 Å². The number of benzene rings is 2. The third kappa shape index (κ3) is 3.39. The lowest BCUT2D eigenvalue weighted by atomic mass is 10.2. The molecule has 7 nitrogen and oxygen atoms in total. The van der Waals surface area contributed by atoms with Crippen molar-refractivity contribution >= 4 is 51.1 Å². The number of carbonyl (C=O) groups excluding carboxylic acids is 1. The average molecular weight is 409 g/mol. The standard InChI is InChI=1S/C21H17ClN4O3/c22-13-4-3-5-14(12-13)23-21(27)19-24-17-15-6-1-2-7-16(15)29-18(17)20(25-19)26-8-10-28-11-9-26/h1-7,12H,8-11H2,(H,23,27). The van der Waals surface area contributed by atoms with Gasteiger partial charge in [0.05, 0.1) is 13.2 Å². The van der Waals surface area contributed by atoms with Crippen molar-refractivity contribution in [1.29, 1.82) is 0 Å². The van der Waals surface area contributed by atoms with Crippen LogP contribution in [0.15, 0.2) is 52.9 Å². The summed E-state index contributed by atoms with van der Waals surface area (Å²) >= 11 is 6.02. The number of halogens is 1. The maximum atomic E-state index is 12.9. The number of ether oxygens (including phenoxy) is 1. The second-order valence-electron chi connectivity index (χ2n) is 6.71. The van der Waals surface area contributed by atoms with Crippen LogP contribution in [0.5, 0.6) is 0 Å². The molecule has 2 aromatic carbocycles. The molecular formula is C21H17ClN4O3. The van der Waals surface area contributed by atoms with Gasteiger partial charge in [-0.15, -0.1) is 0 Å². The first-order valence-corrected chi connectivity index (χ1v) is 9.66. The van der Waals surface area contributed by atoms with Gasteiger partial charge in [0.1, 0.15) is 11.1 Å². The molecule has 1 amide bonds. The van der Waals surface area contributed by atoms with E-state index in [0.717, 1.165) is 5.39 Å². The molecule has 0 bridgehead atoms. The molecule has 0 radical (unpaired) electrons. The van der Waals surface area contributed by atoms with Gasteiger partial charge in [0.2, 0.25) is 5.82 Å². The Kier molecular flexibility index (Phi) is 4.54. The zero-order valence-corrected chi connectivity index (χ0v) is 16.1. The van der Waals surface area contributed by atoms with Crippen LogP contribution in [0.25, 0.3) is 22.1 Å². The number of aromatic nitrogens is 2. The Morgan fingerprint density at radius 3 is 2.72 bits per heavy atom. The summed E-state index contributed by atoms with van der Waals surface area (Å²) in [5, 5.41) is 4.19. The third-order valence-corrected chi connectivity index (χ3v) is 5.03. The molecule has 0 unspecified atom stereocenters. The first kappa shape index (κ1) is 17.9. The second-order valence-corrected chi connectivity index (χ2v) is 7.15. The van der Waals surface area contributed by atoms with Crippen LogP contribution in [-0.4, -0.2) is 42.2 Å². The lowest BCUT2D eigenvalue weighted by Gasteiger charge is -2.27. The fourth-order valence-corrected chi connectivity index (χ4v) is 3.61. The van der Waals surface area contributed by atoms with E-state index < -0.39 is 5.91 Å². The monoisotopic (exact) mass is 408 g/mol. The van der Waals surface area contributed by atoms with Gasteiger partial charge in [-0.2, -0.15) is 0 Å². The molecule has 0 saturated carbocycles. The molecule has 0 spiro atoms. The van der Waals surface area contributed by atoms with E-state index in [1.807, 2.05) is 24.3 Å². The lowest BCUT2D eigenvalue weighted by molar-refractivity contribution is 0.101. The molecule has 4 aromatic rings. The van der Waals surface area contributed by atoms with Gasteiger partial charge in [0.15, 0.2) is 11.4 Å². The van der Waals surface area contributed by atoms with Crippen LogP contribution in [0.2, 0.25) is 5.02 Å². The fraction of sp³-hybridized carbons (Fsp3) is 0.190. The maximum absolute atomic E-state index is 12.9. The molecule has 1 saturated heterocycles. The van der Waals surface area contributed by atoms with E-state index in [1.165, 1.54) is 0 Å². The topological polar surface area (TPSA) is 80.5 Å². The molecule has 2 aromatic heterocycles. The number of nitrogens with zero attached hydrogens (tertiary/aromatic N) is 3. The van der Waals surface area contributed by atoms with Gasteiger partial charge >= 0.3 is 0 Å². The molecular weight excluding hydrogens is 392 g/mol. The first-order chi connectivity index (χ1) is 14.2. The molecule has 146 valence electrons. The summed E-state index contributed by atoms with van der Waals surface area (Å²) in [6.45, 7) is 2.52. The predicted molar refractivity (Wildman–Crippen MR) is 112 cm³/mol. The van der Waals surface area contributed by atoms with Crippen molar-refractivity contribution < 1.29 is 13.9 Å². The maximum Gasteiger partial charge on any atom is 0.293 e. The molecule has 29 heavy (non-hydrogen) atoms. The number of hydrogen-bond donors (Lipinski definition) is 1. The van der Waals surface area contributed by atoms with E-state index >= 15 is 0 Å². The van der Waals surface area contributed by atoms with Gasteiger partial charge < -0.3 is 19.4 Å². The van der Waals surface area contributed by atoms with Crippen molar-refractivity contribution in [3.63, 3.8) is 0 Å². The van der Waals surface area contributed by atoms with E-state index in [-0.39, 0.29) is 5.82 Å². The normalized spacial score (nSPS) is 14.4. The van der Waals surface area contributed by atoms with Crippen LogP contribution in [0.1, 0.15) is 10.6 Å². The van der Waals surface area contributed by atoms with E-state index in [1.54, 1.807) is 24.3 Å². The van der Waals surface area contributed by atoms with Crippen LogP contribution < -0.4 is 10.2 Å². The smallest absolute Gasteiger partial charge is 0.293 e. The number of rotatable bonds is 3. The SMILES string of the molecule is O=C(Nc1cccc(Cl)c1)c1nc(N2CCOCC2)c2oc3ccccc3c2n1. The Balaban J connectivity index is 1.63. The highest BCUT2D eigenvalue weighted by atomic mass is 35.5. The highest BCUT2D eigenvalue weighted by molar-refractivity contribution is 6.31. The molecule has 1 aliphatic heterocycles. The van der Waals surface area contributed by atoms with E-state index in [2.05, 4.69) is 20.2 Å². The Bertz CT molecular complexity index is 1220. The van der Waals surface area contributed by atoms with Gasteiger partial charge in [0.25, 0.3) is 5.91 Å². The van der Waals surface area contributed by atoms with Crippen LogP contribution in [0, 0.1) is 0 Å². The Morgan fingerprint density at radius 2 is 1.90 bits per heavy atom. The van der Waals surface area contributed by atoms with E-state index in [0.29, 0.717) is 59.5 Å². The minimum Gasteiger partial charge on any atom is -0.450 e. The van der Waals surface area contributed by atoms with Gasteiger partial charge in [0, 0.05) is 29.2 Å². The van der Waals surface area contributed by atoms with Crippen molar-refractivity contribution in [1.82, 2.24) is 9.97 Å². The van der Waals surface area contributed by atoms with Gasteiger partial charge in [-0.1, -0.05) is 29.8 Å². The van der Waals surface area contributed by atoms with Gasteiger partial charge in [-0.25, -0.2) is 9.97 Å². The Morgan fingerprint density at radius 1 is 1.07 bits per heavy atom. The van der Waals surface area contributed by atoms with Crippen molar-refractivity contribution in [2.45, 2.75) is 0 Å². The number of amides is 1. The van der Waals surface area contributed by atoms with Gasteiger partial charge in [-0.05, 0) is 30.3 Å². The number of morpholine rings is 1. The summed E-state index contributed by atoms with van der Waals surface area (Å²) in [6, 6.07) is 14.6. The number of nitrogens with one attached hydrogen (secondary N) is 1. The van der Waals surface area contributed by atoms with Crippen LogP contribution in [0.3, 0.4) is 0 Å². The van der Waals surface area contributed by atoms with Crippen molar-refractivity contribution in [2.75, 3.05) is 36.5 Å². The highest BCUT2D eigenvalue weighted by Crippen LogP contribution is 2.33. The third-order valence-electron chi connectivity index (χ3n) is 4.80. The van der Waals surface area contributed by atoms with Crippen molar-refractivity contribution in [3.05, 3.63) is 59.4 Å². The van der Waals surface area contributed by atoms with Crippen LogP contribution >= 0.6 is 11.6 Å². The number of anilines is 2. The second kappa shape index (κ2) is 7.35. The van der Waals surface area contributed by atoms with Gasteiger partial charge in [-0.3, -0.25) is 4.79 Å². The summed E-state index contributed by atoms with van der Waals surface area (Å²) < 4.78 is 11.5. The lowest BCUT2D eigenvalue weighted by Crippen LogP contribution is -2.37. The zero-order chi connectivity index (χ0) is 19.8. The van der Waals surface area contributed by atoms with E-state index in [9.17, 15) is 4.79 Å². The quantitative estimate of drug-likeness (QED) is 0.549. The Hall–Kier alpha value is -3.16. The van der Waals surface area contributed by atoms with Crippen molar-refractivity contribution in [3.8, 4) is 0 Å². The number of furan rings is 1. The summed E-state index contributed by atoms with van der Waals surface area (Å²) in [5.41, 5.74) is 2.48. The van der Waals surface area contributed by atoms with Crippen LogP contribution in [-0.2, 0) is 4.74 Å². The number of fused-ring (bicyclic) bond motifs is 3. The molecule has 5 rings (SSSR count). The summed E-state index contributed by atoms with van der Waals surface area (Å²) in [4.78, 5) is 24.1. The zero-order valence-electron chi connectivity index (χ0n) is 15.4. The first-order valence-electron chi connectivity index (χ1n) is 9.28. The molecule has 1 fully saturated rings. The fourth-order valence-electron chi connectivity index (χ4n) is 3.42. The largest absolute Gasteiger partial charge is 0.450 e. The minimum absolute atomic E-state index is 0.0746. The number of hydrogen-bond acceptors (Lipinski definition) is 6. The summed E-state index contributed by atoms with van der Waals surface area (Å²) in [7, 11) is 0. The molecule has 0 atom stereocenters. The summed E-state index contributed by atoms with van der Waals surface area (Å²) in [5.74, 6) is 0.269. The number of carbonyl (C=O) groups is 1. The summed E-state index contributed by atoms with van der Waals surface area (Å²) in [6.07, 6.45) is 0. The average Bonchev–Trinajstić information content (AvgIpc) is 3.12. The van der Waals surface area contributed by atoms with E-state index in [4.69, 9.17) is 20.8 Å². The molecule has 1 aliphatic rings. The van der Waals surface area contributed by atoms with Crippen molar-refractivity contribution in [2.24, 2.45) is 0 Å². The Labute approximate surface area is 171 Å². The highest BCUT2D eigenvalue weighted by Gasteiger charge is 2.24. The molecule has 8 heteroatoms.